The van der Waals surface area contributed by atoms with Gasteiger partial charge in [0.2, 0.25) is 0 Å². The fraction of sp³-hybridized carbons (Fsp3) is 0.0741. The maximum atomic E-state index is 11.8. The van der Waals surface area contributed by atoms with Crippen LogP contribution in [0.2, 0.25) is 5.02 Å². The third-order valence-corrected chi connectivity index (χ3v) is 7.30. The van der Waals surface area contributed by atoms with E-state index in [4.69, 9.17) is 16.6 Å². The molecule has 5 nitrogen and oxygen atoms in total. The first kappa shape index (κ1) is 22.6. The first-order chi connectivity index (χ1) is 16.3. The van der Waals surface area contributed by atoms with Crippen molar-refractivity contribution in [1.82, 2.24) is 9.97 Å². The molecule has 0 spiro atoms. The molecule has 5 aromatic rings. The summed E-state index contributed by atoms with van der Waals surface area (Å²) in [7, 11) is -4.33. The summed E-state index contributed by atoms with van der Waals surface area (Å²) in [5.74, 6) is 0.697. The van der Waals surface area contributed by atoms with E-state index in [0.29, 0.717) is 22.8 Å². The predicted molar refractivity (Wildman–Crippen MR) is 138 cm³/mol. The van der Waals surface area contributed by atoms with Crippen LogP contribution >= 0.6 is 19.2 Å². The van der Waals surface area contributed by atoms with E-state index in [0.717, 1.165) is 38.9 Å². The zero-order valence-corrected chi connectivity index (χ0v) is 20.0. The molecule has 0 bridgehead atoms. The normalized spacial score (nSPS) is 11.8. The summed E-state index contributed by atoms with van der Waals surface area (Å²) in [6.45, 7) is 1.69. The summed E-state index contributed by atoms with van der Waals surface area (Å²) < 4.78 is 11.8. The molecule has 7 heteroatoms. The van der Waals surface area contributed by atoms with Crippen LogP contribution < -0.4 is 5.30 Å². The van der Waals surface area contributed by atoms with Crippen LogP contribution in [-0.4, -0.2) is 19.8 Å². The minimum atomic E-state index is -4.33. The first-order valence-electron chi connectivity index (χ1n) is 10.8. The highest BCUT2D eigenvalue weighted by Crippen LogP contribution is 2.35. The van der Waals surface area contributed by atoms with Crippen LogP contribution in [0.1, 0.15) is 17.0 Å². The highest BCUT2D eigenvalue weighted by Gasteiger charge is 2.20. The van der Waals surface area contributed by atoms with Gasteiger partial charge in [0.1, 0.15) is 5.82 Å². The van der Waals surface area contributed by atoms with Crippen LogP contribution in [0.25, 0.3) is 33.3 Å². The van der Waals surface area contributed by atoms with E-state index < -0.39 is 7.60 Å². The van der Waals surface area contributed by atoms with E-state index in [-0.39, 0.29) is 5.30 Å². The van der Waals surface area contributed by atoms with Gasteiger partial charge in [0.15, 0.2) is 0 Å². The van der Waals surface area contributed by atoms with Crippen LogP contribution in [0.15, 0.2) is 84.9 Å². The molecule has 0 aliphatic rings. The number of halogens is 1. The summed E-state index contributed by atoms with van der Waals surface area (Å²) in [4.78, 5) is 27.2. The van der Waals surface area contributed by atoms with Gasteiger partial charge >= 0.3 is 7.60 Å². The van der Waals surface area contributed by atoms with E-state index in [1.165, 1.54) is 0 Å². The quantitative estimate of drug-likeness (QED) is 0.255. The van der Waals surface area contributed by atoms with Crippen molar-refractivity contribution in [3.05, 3.63) is 107 Å². The van der Waals surface area contributed by atoms with Crippen LogP contribution in [0.4, 0.5) is 0 Å². The van der Waals surface area contributed by atoms with Gasteiger partial charge in [0.25, 0.3) is 0 Å². The number of fused-ring (bicyclic) bond motifs is 1. The molecule has 0 atom stereocenters. The van der Waals surface area contributed by atoms with E-state index >= 15 is 0 Å². The molecule has 1 aromatic heterocycles. The molecule has 0 unspecified atom stereocenters. The van der Waals surface area contributed by atoms with Crippen molar-refractivity contribution in [3.63, 3.8) is 0 Å². The van der Waals surface area contributed by atoms with Crippen molar-refractivity contribution in [3.8, 4) is 22.3 Å². The molecule has 0 aliphatic carbocycles. The van der Waals surface area contributed by atoms with Crippen molar-refractivity contribution in [1.29, 1.82) is 0 Å². The Hall–Kier alpha value is -3.21. The first-order valence-corrected chi connectivity index (χ1v) is 12.8. The zero-order valence-electron chi connectivity index (χ0n) is 18.4. The minimum Gasteiger partial charge on any atom is -0.342 e. The maximum absolute atomic E-state index is 11.8. The van der Waals surface area contributed by atoms with Gasteiger partial charge in [-0.3, -0.25) is 4.57 Å². The largest absolute Gasteiger partial charge is 0.356 e. The molecule has 0 fully saturated rings. The summed E-state index contributed by atoms with van der Waals surface area (Å²) in [5, 5.41) is 0.666. The standard InChI is InChI=1S/C27H22ClN2O3P/c1-17-7-8-18(13-26(17)34(31,32)33)14-27-29-24-15-22(23(28)16-25(24)30-27)21-11-9-20(10-12-21)19-5-3-2-4-6-19/h2-13,15-16H,14H2,1H3,(H,29,30)(H2,31,32,33). The lowest BCUT2D eigenvalue weighted by molar-refractivity contribution is 0.387. The Bertz CT molecular complexity index is 1540. The van der Waals surface area contributed by atoms with Gasteiger partial charge in [-0.2, -0.15) is 0 Å². The SMILES string of the molecule is Cc1ccc(Cc2nc3cc(-c4ccc(-c5ccccc5)cc4)c(Cl)cc3[nH]2)cc1P(=O)(O)O. The molecule has 3 N–H and O–H groups in total. The zero-order chi connectivity index (χ0) is 23.9. The number of nitrogens with zero attached hydrogens (tertiary/aromatic N) is 1. The van der Waals surface area contributed by atoms with Gasteiger partial charge in [-0.15, -0.1) is 0 Å². The molecule has 5 rings (SSSR count). The summed E-state index contributed by atoms with van der Waals surface area (Å²) in [6.07, 6.45) is 0.417. The monoisotopic (exact) mass is 488 g/mol. The van der Waals surface area contributed by atoms with Crippen LogP contribution in [0.5, 0.6) is 0 Å². The molecular weight excluding hydrogens is 467 g/mol. The van der Waals surface area contributed by atoms with Crippen LogP contribution in [0, 0.1) is 6.92 Å². The molecule has 0 saturated carbocycles. The molecule has 0 saturated heterocycles. The van der Waals surface area contributed by atoms with Gasteiger partial charge in [-0.05, 0) is 52.9 Å². The minimum absolute atomic E-state index is 0.0467. The fourth-order valence-electron chi connectivity index (χ4n) is 4.13. The lowest BCUT2D eigenvalue weighted by atomic mass is 10.00. The van der Waals surface area contributed by atoms with Crippen molar-refractivity contribution < 1.29 is 14.4 Å². The summed E-state index contributed by atoms with van der Waals surface area (Å²) >= 11 is 6.62. The van der Waals surface area contributed by atoms with Crippen molar-refractivity contribution in [2.24, 2.45) is 0 Å². The van der Waals surface area contributed by atoms with Gasteiger partial charge in [-0.1, -0.05) is 78.3 Å². The van der Waals surface area contributed by atoms with E-state index in [1.807, 2.05) is 36.4 Å². The number of aryl methyl sites for hydroxylation is 1. The third-order valence-electron chi connectivity index (χ3n) is 5.88. The van der Waals surface area contributed by atoms with Gasteiger partial charge in [0, 0.05) is 12.0 Å². The van der Waals surface area contributed by atoms with Crippen molar-refractivity contribution in [2.75, 3.05) is 0 Å². The van der Waals surface area contributed by atoms with Crippen LogP contribution in [0.3, 0.4) is 0 Å². The molecular formula is C27H22ClN2O3P. The number of nitrogens with one attached hydrogen (secondary N) is 1. The second-order valence-electron chi connectivity index (χ2n) is 8.32. The van der Waals surface area contributed by atoms with E-state index in [9.17, 15) is 14.4 Å². The summed E-state index contributed by atoms with van der Waals surface area (Å²) in [6, 6.07) is 27.4. The maximum Gasteiger partial charge on any atom is 0.356 e. The second-order valence-corrected chi connectivity index (χ2v) is 10.3. The lowest BCUT2D eigenvalue weighted by Gasteiger charge is -2.09. The predicted octanol–water partition coefficient (Wildman–Crippen LogP) is 6.25. The number of hydrogen-bond acceptors (Lipinski definition) is 2. The van der Waals surface area contributed by atoms with Gasteiger partial charge < -0.3 is 14.8 Å². The lowest BCUT2D eigenvalue weighted by Crippen LogP contribution is -2.09. The number of rotatable bonds is 5. The van der Waals surface area contributed by atoms with Crippen molar-refractivity contribution in [2.45, 2.75) is 13.3 Å². The topological polar surface area (TPSA) is 86.2 Å². The van der Waals surface area contributed by atoms with Gasteiger partial charge in [-0.25, -0.2) is 4.98 Å². The Balaban J connectivity index is 1.45. The number of H-pyrrole nitrogens is 1. The van der Waals surface area contributed by atoms with E-state index in [1.54, 1.807) is 19.1 Å². The smallest absolute Gasteiger partial charge is 0.342 e. The third kappa shape index (κ3) is 4.56. The average molecular weight is 489 g/mol. The fourth-order valence-corrected chi connectivity index (χ4v) is 5.27. The summed E-state index contributed by atoms with van der Waals surface area (Å²) in [5.41, 5.74) is 7.12. The van der Waals surface area contributed by atoms with Crippen molar-refractivity contribution >= 4 is 35.5 Å². The molecule has 0 amide bonds. The molecule has 170 valence electrons. The Morgan fingerprint density at radius 2 is 1.56 bits per heavy atom. The number of benzene rings is 4. The highest BCUT2D eigenvalue weighted by atomic mass is 35.5. The molecule has 1 heterocycles. The number of hydrogen-bond donors (Lipinski definition) is 3. The number of imidazole rings is 1. The number of aromatic nitrogens is 2. The molecule has 0 aliphatic heterocycles. The van der Waals surface area contributed by atoms with E-state index in [2.05, 4.69) is 41.4 Å². The Kier molecular flexibility index (Phi) is 5.88. The highest BCUT2D eigenvalue weighted by molar-refractivity contribution is 7.60. The molecule has 34 heavy (non-hydrogen) atoms. The Morgan fingerprint density at radius 1 is 0.882 bits per heavy atom. The molecule has 4 aromatic carbocycles. The average Bonchev–Trinajstić information content (AvgIpc) is 3.20. The molecule has 0 radical (unpaired) electrons. The second kappa shape index (κ2) is 8.86. The Morgan fingerprint density at radius 3 is 2.26 bits per heavy atom. The number of aromatic amines is 1. The van der Waals surface area contributed by atoms with Gasteiger partial charge in [0.05, 0.1) is 21.4 Å². The van der Waals surface area contributed by atoms with Crippen LogP contribution in [-0.2, 0) is 11.0 Å². The Labute approximate surface area is 202 Å².